The Morgan fingerprint density at radius 3 is 2.52 bits per heavy atom. The Morgan fingerprint density at radius 1 is 1.19 bits per heavy atom. The summed E-state index contributed by atoms with van der Waals surface area (Å²) in [4.78, 5) is 12.4. The van der Waals surface area contributed by atoms with Gasteiger partial charge in [-0.25, -0.2) is 13.1 Å². The first-order chi connectivity index (χ1) is 14.4. The van der Waals surface area contributed by atoms with Gasteiger partial charge in [-0.2, -0.15) is 0 Å². The van der Waals surface area contributed by atoms with Crippen LogP contribution in [0.4, 0.5) is 5.69 Å². The van der Waals surface area contributed by atoms with Crippen molar-refractivity contribution in [2.45, 2.75) is 38.1 Å². The van der Waals surface area contributed by atoms with Crippen LogP contribution in [0.5, 0.6) is 11.5 Å². The number of carbonyl (C=O) groups is 1. The molecule has 0 fully saturated rings. The van der Waals surface area contributed by atoms with E-state index in [0.29, 0.717) is 34.4 Å². The van der Waals surface area contributed by atoms with Crippen molar-refractivity contribution in [1.29, 1.82) is 0 Å². The minimum Gasteiger partial charge on any atom is -0.493 e. The molecular weight excluding hydrogens is 440 g/mol. The first-order valence-corrected chi connectivity index (χ1v) is 11.4. The summed E-state index contributed by atoms with van der Waals surface area (Å²) >= 11 is 6.24. The smallest absolute Gasteiger partial charge is 0.248 e. The maximum Gasteiger partial charge on any atom is 0.248 e. The van der Waals surface area contributed by atoms with E-state index in [1.165, 1.54) is 25.3 Å². The van der Waals surface area contributed by atoms with E-state index in [4.69, 9.17) is 21.1 Å². The van der Waals surface area contributed by atoms with E-state index >= 15 is 0 Å². The fraction of sp³-hybridized carbons (Fsp3) is 0.318. The van der Waals surface area contributed by atoms with Gasteiger partial charge in [0.05, 0.1) is 23.6 Å². The average molecular weight is 467 g/mol. The molecule has 2 N–H and O–H groups in total. The van der Waals surface area contributed by atoms with Crippen LogP contribution in [-0.4, -0.2) is 33.6 Å². The molecule has 0 saturated carbocycles. The van der Waals surface area contributed by atoms with Crippen LogP contribution in [0.1, 0.15) is 33.3 Å². The van der Waals surface area contributed by atoms with Crippen LogP contribution in [0.3, 0.4) is 0 Å². The zero-order valence-corrected chi connectivity index (χ0v) is 19.7. The molecular formula is C22H27ClN2O5S. The SMILES string of the molecule is CCOc1c(Cl)cc(/C=C/C(=O)Nc2cccc(S(=O)(=O)NC(C)(C)C)c2)cc1OC. The highest BCUT2D eigenvalue weighted by molar-refractivity contribution is 7.89. The zero-order chi connectivity index (χ0) is 23.2. The molecule has 2 rings (SSSR count). The second kappa shape index (κ2) is 10.2. The van der Waals surface area contributed by atoms with E-state index < -0.39 is 21.5 Å². The minimum atomic E-state index is -3.71. The van der Waals surface area contributed by atoms with Crippen LogP contribution in [0, 0.1) is 0 Å². The maximum atomic E-state index is 12.5. The van der Waals surface area contributed by atoms with E-state index in [2.05, 4.69) is 10.0 Å². The number of carbonyl (C=O) groups excluding carboxylic acids is 1. The van der Waals surface area contributed by atoms with Crippen LogP contribution < -0.4 is 19.5 Å². The standard InChI is InChI=1S/C22H27ClN2O5S/c1-6-30-21-18(23)12-15(13-19(21)29-5)10-11-20(26)24-16-8-7-9-17(14-16)31(27,28)25-22(2,3)4/h7-14,25H,6H2,1-5H3,(H,24,26)/b11-10+. The fourth-order valence-corrected chi connectivity index (χ4v) is 4.42. The first kappa shape index (κ1) is 24.7. The number of hydrogen-bond acceptors (Lipinski definition) is 5. The number of benzene rings is 2. The molecule has 0 radical (unpaired) electrons. The van der Waals surface area contributed by atoms with Crippen molar-refractivity contribution in [3.05, 3.63) is 53.1 Å². The predicted octanol–water partition coefficient (Wildman–Crippen LogP) is 4.48. The summed E-state index contributed by atoms with van der Waals surface area (Å²) in [7, 11) is -2.21. The van der Waals surface area contributed by atoms with Gasteiger partial charge in [0.25, 0.3) is 0 Å². The molecule has 9 heteroatoms. The van der Waals surface area contributed by atoms with Crippen LogP contribution in [-0.2, 0) is 14.8 Å². The van der Waals surface area contributed by atoms with Crippen molar-refractivity contribution in [3.8, 4) is 11.5 Å². The first-order valence-electron chi connectivity index (χ1n) is 9.58. The van der Waals surface area contributed by atoms with E-state index in [1.807, 2.05) is 6.92 Å². The number of nitrogens with one attached hydrogen (secondary N) is 2. The summed E-state index contributed by atoms with van der Waals surface area (Å²) < 4.78 is 38.3. The summed E-state index contributed by atoms with van der Waals surface area (Å²) in [6.07, 6.45) is 2.89. The maximum absolute atomic E-state index is 12.5. The van der Waals surface area contributed by atoms with E-state index in [9.17, 15) is 13.2 Å². The van der Waals surface area contributed by atoms with Crippen LogP contribution in [0.25, 0.3) is 6.08 Å². The number of ether oxygens (including phenoxy) is 2. The highest BCUT2D eigenvalue weighted by Crippen LogP contribution is 2.36. The highest BCUT2D eigenvalue weighted by Gasteiger charge is 2.22. The molecule has 0 unspecified atom stereocenters. The number of rotatable bonds is 8. The lowest BCUT2D eigenvalue weighted by Gasteiger charge is -2.20. The summed E-state index contributed by atoms with van der Waals surface area (Å²) in [5.41, 5.74) is 0.376. The van der Waals surface area contributed by atoms with Crippen molar-refractivity contribution in [3.63, 3.8) is 0 Å². The molecule has 0 aliphatic rings. The van der Waals surface area contributed by atoms with Gasteiger partial charge in [-0.15, -0.1) is 0 Å². The normalized spacial score (nSPS) is 12.1. The number of amides is 1. The van der Waals surface area contributed by atoms with Crippen molar-refractivity contribution < 1.29 is 22.7 Å². The molecule has 168 valence electrons. The van der Waals surface area contributed by atoms with Crippen molar-refractivity contribution >= 4 is 39.3 Å². The minimum absolute atomic E-state index is 0.0623. The summed E-state index contributed by atoms with van der Waals surface area (Å²) in [5.74, 6) is 0.469. The van der Waals surface area contributed by atoms with Crippen LogP contribution >= 0.6 is 11.6 Å². The van der Waals surface area contributed by atoms with Gasteiger partial charge >= 0.3 is 0 Å². The molecule has 0 aliphatic carbocycles. The molecule has 0 spiro atoms. The highest BCUT2D eigenvalue weighted by atomic mass is 35.5. The van der Waals surface area contributed by atoms with Gasteiger partial charge in [-0.05, 0) is 69.7 Å². The Bertz CT molecular complexity index is 1080. The van der Waals surface area contributed by atoms with Gasteiger partial charge in [-0.3, -0.25) is 4.79 Å². The molecule has 0 aliphatic heterocycles. The van der Waals surface area contributed by atoms with Gasteiger partial charge < -0.3 is 14.8 Å². The molecule has 7 nitrogen and oxygen atoms in total. The number of anilines is 1. The topological polar surface area (TPSA) is 93.7 Å². The molecule has 0 heterocycles. The number of halogens is 1. The average Bonchev–Trinajstić information content (AvgIpc) is 2.66. The number of sulfonamides is 1. The van der Waals surface area contributed by atoms with Gasteiger partial charge in [0.15, 0.2) is 11.5 Å². The van der Waals surface area contributed by atoms with Gasteiger partial charge in [0, 0.05) is 17.3 Å². The van der Waals surface area contributed by atoms with Crippen molar-refractivity contribution in [1.82, 2.24) is 4.72 Å². The third-order valence-electron chi connectivity index (χ3n) is 3.82. The van der Waals surface area contributed by atoms with Gasteiger partial charge in [0.1, 0.15) is 0 Å². The summed E-state index contributed by atoms with van der Waals surface area (Å²) in [5, 5.41) is 3.02. The third kappa shape index (κ3) is 7.27. The fourth-order valence-electron chi connectivity index (χ4n) is 2.68. The molecule has 1 amide bonds. The Balaban J connectivity index is 2.17. The molecule has 31 heavy (non-hydrogen) atoms. The van der Waals surface area contributed by atoms with Crippen LogP contribution in [0.15, 0.2) is 47.4 Å². The summed E-state index contributed by atoms with van der Waals surface area (Å²) in [6.45, 7) is 7.54. The van der Waals surface area contributed by atoms with Gasteiger partial charge in [0.2, 0.25) is 15.9 Å². The van der Waals surface area contributed by atoms with E-state index in [1.54, 1.807) is 51.1 Å². The second-order valence-corrected chi connectivity index (χ2v) is 9.76. The molecule has 0 atom stereocenters. The quantitative estimate of drug-likeness (QED) is 0.559. The molecule has 2 aromatic carbocycles. The second-order valence-electron chi connectivity index (χ2n) is 7.67. The molecule has 0 saturated heterocycles. The predicted molar refractivity (Wildman–Crippen MR) is 123 cm³/mol. The van der Waals surface area contributed by atoms with Crippen molar-refractivity contribution in [2.24, 2.45) is 0 Å². The van der Waals surface area contributed by atoms with Gasteiger partial charge in [-0.1, -0.05) is 17.7 Å². The lowest BCUT2D eigenvalue weighted by Crippen LogP contribution is -2.40. The van der Waals surface area contributed by atoms with Crippen molar-refractivity contribution in [2.75, 3.05) is 19.0 Å². The molecule has 0 bridgehead atoms. The number of hydrogen-bond donors (Lipinski definition) is 2. The Morgan fingerprint density at radius 2 is 1.90 bits per heavy atom. The zero-order valence-electron chi connectivity index (χ0n) is 18.2. The Hall–Kier alpha value is -2.55. The third-order valence-corrected chi connectivity index (χ3v) is 5.86. The van der Waals surface area contributed by atoms with E-state index in [0.717, 1.165) is 0 Å². The Kier molecular flexibility index (Phi) is 8.11. The largest absolute Gasteiger partial charge is 0.493 e. The van der Waals surface area contributed by atoms with Crippen LogP contribution in [0.2, 0.25) is 5.02 Å². The summed E-state index contributed by atoms with van der Waals surface area (Å²) in [6, 6.07) is 9.40. The monoisotopic (exact) mass is 466 g/mol. The Labute approximate surface area is 188 Å². The molecule has 0 aromatic heterocycles. The van der Waals surface area contributed by atoms with E-state index in [-0.39, 0.29) is 4.90 Å². The lowest BCUT2D eigenvalue weighted by atomic mass is 10.1. The lowest BCUT2D eigenvalue weighted by molar-refractivity contribution is -0.111. The molecule has 2 aromatic rings. The number of methoxy groups -OCH3 is 1.